The van der Waals surface area contributed by atoms with Crippen LogP contribution in [0.1, 0.15) is 31.9 Å². The molecule has 0 heterocycles. The van der Waals surface area contributed by atoms with E-state index < -0.39 is 0 Å². The van der Waals surface area contributed by atoms with Crippen LogP contribution in [0.15, 0.2) is 24.3 Å². The molecule has 0 aliphatic rings. The van der Waals surface area contributed by atoms with Gasteiger partial charge < -0.3 is 10.1 Å². The van der Waals surface area contributed by atoms with E-state index in [1.54, 1.807) is 0 Å². The Hall–Kier alpha value is -0.570. The summed E-state index contributed by atoms with van der Waals surface area (Å²) >= 11 is 5.84. The summed E-state index contributed by atoms with van der Waals surface area (Å²) in [6.07, 6.45) is 1.08. The summed E-state index contributed by atoms with van der Waals surface area (Å²) in [5.74, 6) is 0. The number of ether oxygens (including phenoxy) is 1. The van der Waals surface area contributed by atoms with Gasteiger partial charge in [-0.3, -0.25) is 0 Å². The van der Waals surface area contributed by atoms with E-state index in [-0.39, 0.29) is 0 Å². The monoisotopic (exact) mass is 241 g/mol. The van der Waals surface area contributed by atoms with Crippen LogP contribution in [0.2, 0.25) is 5.02 Å². The Balaban J connectivity index is 2.24. The molecule has 0 radical (unpaired) electrons. The lowest BCUT2D eigenvalue weighted by molar-refractivity contribution is 0.135. The fourth-order valence-electron chi connectivity index (χ4n) is 1.46. The first-order valence-corrected chi connectivity index (χ1v) is 6.18. The highest BCUT2D eigenvalue weighted by atomic mass is 35.5. The van der Waals surface area contributed by atoms with Crippen molar-refractivity contribution in [2.75, 3.05) is 19.8 Å². The molecule has 0 spiro atoms. The fraction of sp³-hybridized carbons (Fsp3) is 0.538. The molecule has 0 saturated heterocycles. The molecule has 0 aliphatic heterocycles. The summed E-state index contributed by atoms with van der Waals surface area (Å²) in [4.78, 5) is 0. The van der Waals surface area contributed by atoms with Crippen molar-refractivity contribution in [3.05, 3.63) is 34.9 Å². The highest BCUT2D eigenvalue weighted by Crippen LogP contribution is 2.15. The standard InChI is InChI=1S/C13H20ClNO/c1-3-9-16-10-8-15-11(2)12-4-6-13(14)7-5-12/h4-7,11,15H,3,8-10H2,1-2H3/t11-/m0/s1. The van der Waals surface area contributed by atoms with Crippen molar-refractivity contribution < 1.29 is 4.74 Å². The Morgan fingerprint density at radius 3 is 2.56 bits per heavy atom. The first-order chi connectivity index (χ1) is 7.74. The van der Waals surface area contributed by atoms with Crippen molar-refractivity contribution >= 4 is 11.6 Å². The van der Waals surface area contributed by atoms with Crippen molar-refractivity contribution in [2.24, 2.45) is 0 Å². The molecule has 1 atom stereocenters. The quantitative estimate of drug-likeness (QED) is 0.739. The number of benzene rings is 1. The van der Waals surface area contributed by atoms with Gasteiger partial charge in [0, 0.05) is 24.2 Å². The third-order valence-corrected chi connectivity index (χ3v) is 2.67. The molecule has 0 amide bonds. The van der Waals surface area contributed by atoms with Crippen LogP contribution in [0.25, 0.3) is 0 Å². The van der Waals surface area contributed by atoms with Crippen molar-refractivity contribution in [2.45, 2.75) is 26.3 Å². The maximum Gasteiger partial charge on any atom is 0.0591 e. The van der Waals surface area contributed by atoms with Crippen LogP contribution in [0, 0.1) is 0 Å². The zero-order valence-electron chi connectivity index (χ0n) is 10.0. The number of hydrogen-bond acceptors (Lipinski definition) is 2. The lowest BCUT2D eigenvalue weighted by Gasteiger charge is -2.14. The zero-order chi connectivity index (χ0) is 11.8. The molecule has 2 nitrogen and oxygen atoms in total. The smallest absolute Gasteiger partial charge is 0.0591 e. The van der Waals surface area contributed by atoms with E-state index in [1.165, 1.54) is 5.56 Å². The van der Waals surface area contributed by atoms with Crippen molar-refractivity contribution in [3.8, 4) is 0 Å². The zero-order valence-corrected chi connectivity index (χ0v) is 10.8. The third-order valence-electron chi connectivity index (χ3n) is 2.42. The van der Waals surface area contributed by atoms with E-state index in [9.17, 15) is 0 Å². The van der Waals surface area contributed by atoms with Crippen molar-refractivity contribution in [3.63, 3.8) is 0 Å². The van der Waals surface area contributed by atoms with E-state index in [1.807, 2.05) is 24.3 Å². The highest BCUT2D eigenvalue weighted by molar-refractivity contribution is 6.30. The van der Waals surface area contributed by atoms with Gasteiger partial charge in [0.05, 0.1) is 6.61 Å². The summed E-state index contributed by atoms with van der Waals surface area (Å²) in [7, 11) is 0. The van der Waals surface area contributed by atoms with Crippen LogP contribution in [0.3, 0.4) is 0 Å². The van der Waals surface area contributed by atoms with E-state index in [0.29, 0.717) is 6.04 Å². The summed E-state index contributed by atoms with van der Waals surface area (Å²) in [5, 5.41) is 4.19. The van der Waals surface area contributed by atoms with Gasteiger partial charge in [-0.25, -0.2) is 0 Å². The second-order valence-electron chi connectivity index (χ2n) is 3.84. The normalized spacial score (nSPS) is 12.7. The van der Waals surface area contributed by atoms with Crippen LogP contribution >= 0.6 is 11.6 Å². The summed E-state index contributed by atoms with van der Waals surface area (Å²) in [5.41, 5.74) is 1.25. The van der Waals surface area contributed by atoms with Crippen molar-refractivity contribution in [1.29, 1.82) is 0 Å². The molecule has 1 aromatic carbocycles. The Labute approximate surface area is 103 Å². The predicted octanol–water partition coefficient (Wildman–Crippen LogP) is 3.42. The van der Waals surface area contributed by atoms with Gasteiger partial charge in [0.15, 0.2) is 0 Å². The van der Waals surface area contributed by atoms with Gasteiger partial charge in [-0.2, -0.15) is 0 Å². The molecule has 1 rings (SSSR count). The average Bonchev–Trinajstić information content (AvgIpc) is 2.29. The molecule has 0 aromatic heterocycles. The highest BCUT2D eigenvalue weighted by Gasteiger charge is 2.03. The number of nitrogens with one attached hydrogen (secondary N) is 1. The van der Waals surface area contributed by atoms with E-state index >= 15 is 0 Å². The average molecular weight is 242 g/mol. The molecule has 1 aromatic rings. The molecule has 90 valence electrons. The minimum Gasteiger partial charge on any atom is -0.380 e. The Bertz CT molecular complexity index is 286. The van der Waals surface area contributed by atoms with E-state index in [4.69, 9.17) is 16.3 Å². The molecule has 1 N–H and O–H groups in total. The molecule has 0 fully saturated rings. The van der Waals surface area contributed by atoms with E-state index in [2.05, 4.69) is 19.2 Å². The number of halogens is 1. The van der Waals surface area contributed by atoms with Crippen LogP contribution in [-0.2, 0) is 4.74 Å². The minimum atomic E-state index is 0.336. The van der Waals surface area contributed by atoms with E-state index in [0.717, 1.165) is 31.2 Å². The maximum absolute atomic E-state index is 5.84. The first-order valence-electron chi connectivity index (χ1n) is 5.80. The molecule has 0 bridgehead atoms. The minimum absolute atomic E-state index is 0.336. The van der Waals surface area contributed by atoms with Crippen molar-refractivity contribution in [1.82, 2.24) is 5.32 Å². The first kappa shape index (κ1) is 13.5. The predicted molar refractivity (Wildman–Crippen MR) is 69.0 cm³/mol. The topological polar surface area (TPSA) is 21.3 Å². The van der Waals surface area contributed by atoms with Gasteiger partial charge in [0.1, 0.15) is 0 Å². The SMILES string of the molecule is CCCOCCN[C@@H](C)c1ccc(Cl)cc1. The molecular weight excluding hydrogens is 222 g/mol. The van der Waals surface area contributed by atoms with Crippen LogP contribution in [-0.4, -0.2) is 19.8 Å². The molecule has 3 heteroatoms. The summed E-state index contributed by atoms with van der Waals surface area (Å²) < 4.78 is 5.40. The molecule has 0 saturated carbocycles. The number of hydrogen-bond donors (Lipinski definition) is 1. The Morgan fingerprint density at radius 1 is 1.25 bits per heavy atom. The number of rotatable bonds is 7. The van der Waals surface area contributed by atoms with Gasteiger partial charge in [0.25, 0.3) is 0 Å². The van der Waals surface area contributed by atoms with Crippen LogP contribution in [0.5, 0.6) is 0 Å². The van der Waals surface area contributed by atoms with Crippen LogP contribution < -0.4 is 5.32 Å². The molecule has 0 unspecified atom stereocenters. The second-order valence-corrected chi connectivity index (χ2v) is 4.28. The largest absolute Gasteiger partial charge is 0.380 e. The lowest BCUT2D eigenvalue weighted by Crippen LogP contribution is -2.23. The molecule has 16 heavy (non-hydrogen) atoms. The summed E-state index contributed by atoms with van der Waals surface area (Å²) in [6, 6.07) is 8.27. The third kappa shape index (κ3) is 4.97. The Morgan fingerprint density at radius 2 is 1.94 bits per heavy atom. The van der Waals surface area contributed by atoms with Crippen LogP contribution in [0.4, 0.5) is 0 Å². The lowest BCUT2D eigenvalue weighted by atomic mass is 10.1. The second kappa shape index (κ2) is 7.66. The van der Waals surface area contributed by atoms with Gasteiger partial charge in [0.2, 0.25) is 0 Å². The van der Waals surface area contributed by atoms with Gasteiger partial charge in [-0.05, 0) is 31.0 Å². The molecular formula is C13H20ClNO. The Kier molecular flexibility index (Phi) is 6.46. The maximum atomic E-state index is 5.84. The van der Waals surface area contributed by atoms with Gasteiger partial charge in [-0.1, -0.05) is 30.7 Å². The fourth-order valence-corrected chi connectivity index (χ4v) is 1.59. The molecule has 0 aliphatic carbocycles. The summed E-state index contributed by atoms with van der Waals surface area (Å²) in [6.45, 7) is 6.75. The van der Waals surface area contributed by atoms with Gasteiger partial charge in [-0.15, -0.1) is 0 Å². The van der Waals surface area contributed by atoms with Gasteiger partial charge >= 0.3 is 0 Å².